The summed E-state index contributed by atoms with van der Waals surface area (Å²) in [7, 11) is 0. The lowest BCUT2D eigenvalue weighted by atomic mass is 9.84. The Morgan fingerprint density at radius 3 is 2.53 bits per heavy atom. The quantitative estimate of drug-likeness (QED) is 0.139. The number of fused-ring (bicyclic) bond motifs is 1. The molecule has 3 aromatic carbocycles. The van der Waals surface area contributed by atoms with Crippen molar-refractivity contribution in [3.63, 3.8) is 0 Å². The number of anilines is 1. The molecule has 3 aromatic rings. The lowest BCUT2D eigenvalue weighted by Gasteiger charge is -2.23. The van der Waals surface area contributed by atoms with Crippen LogP contribution in [0.25, 0.3) is 0 Å². The van der Waals surface area contributed by atoms with Crippen LogP contribution in [-0.2, 0) is 9.53 Å². The number of hydrogen-bond donors (Lipinski definition) is 4. The van der Waals surface area contributed by atoms with Crippen molar-refractivity contribution < 1.29 is 29.3 Å². The van der Waals surface area contributed by atoms with Crippen molar-refractivity contribution in [2.45, 2.75) is 6.10 Å². The van der Waals surface area contributed by atoms with Gasteiger partial charge in [0.2, 0.25) is 0 Å². The number of halogens is 1. The molecule has 172 valence electrons. The van der Waals surface area contributed by atoms with Gasteiger partial charge in [0.1, 0.15) is 29.2 Å². The zero-order valence-corrected chi connectivity index (χ0v) is 18.2. The number of ether oxygens (including phenoxy) is 1. The lowest BCUT2D eigenvalue weighted by Crippen LogP contribution is -2.39. The molecular formula is C24H18ClN3O6. The maximum Gasteiger partial charge on any atom is 0.339 e. The number of phenols is 2. The number of aromatic hydroxyl groups is 2. The van der Waals surface area contributed by atoms with Gasteiger partial charge in [-0.2, -0.15) is 5.10 Å². The first-order valence-corrected chi connectivity index (χ1v) is 10.4. The van der Waals surface area contributed by atoms with E-state index in [-0.39, 0.29) is 16.9 Å². The zero-order valence-electron chi connectivity index (χ0n) is 17.4. The number of Topliss-reactive ketones (excluding diaryl/α,β-unsaturated/α-hetero) is 1. The number of hydrazone groups is 1. The van der Waals surface area contributed by atoms with E-state index in [9.17, 15) is 24.6 Å². The fraction of sp³-hybridized carbons (Fsp3) is 0.0833. The number of cyclic esters (lactones) is 1. The van der Waals surface area contributed by atoms with Gasteiger partial charge in [-0.05, 0) is 36.4 Å². The van der Waals surface area contributed by atoms with E-state index in [2.05, 4.69) is 10.4 Å². The summed E-state index contributed by atoms with van der Waals surface area (Å²) < 4.78 is 5.47. The number of carbonyl (C=O) groups is 3. The van der Waals surface area contributed by atoms with E-state index in [1.54, 1.807) is 36.4 Å². The Labute approximate surface area is 198 Å². The minimum atomic E-state index is -1.51. The number of hydrogen-bond acceptors (Lipinski definition) is 8. The summed E-state index contributed by atoms with van der Waals surface area (Å²) in [4.78, 5) is 39.2. The van der Waals surface area contributed by atoms with Gasteiger partial charge in [-0.25, -0.2) is 4.79 Å². The molecule has 0 spiro atoms. The second kappa shape index (κ2) is 9.24. The van der Waals surface area contributed by atoms with Crippen molar-refractivity contribution in [2.75, 3.05) is 5.32 Å². The number of ketones is 1. The van der Waals surface area contributed by atoms with E-state index < -0.39 is 41.1 Å². The topological polar surface area (TPSA) is 151 Å². The Morgan fingerprint density at radius 2 is 1.82 bits per heavy atom. The number of nitrogens with one attached hydrogen (secondary N) is 1. The molecule has 1 amide bonds. The highest BCUT2D eigenvalue weighted by atomic mass is 35.5. The fourth-order valence-electron chi connectivity index (χ4n) is 3.76. The minimum absolute atomic E-state index is 0.222. The van der Waals surface area contributed by atoms with Crippen LogP contribution >= 0.6 is 11.6 Å². The maximum atomic E-state index is 13.6. The molecule has 1 aliphatic heterocycles. The summed E-state index contributed by atoms with van der Waals surface area (Å²) in [6, 6.07) is 16.1. The molecule has 9 nitrogen and oxygen atoms in total. The van der Waals surface area contributed by atoms with Crippen molar-refractivity contribution in [2.24, 2.45) is 16.9 Å². The molecule has 0 aliphatic carbocycles. The smallest absolute Gasteiger partial charge is 0.339 e. The summed E-state index contributed by atoms with van der Waals surface area (Å²) in [6.07, 6.45) is -1.24. The van der Waals surface area contributed by atoms with E-state index in [0.29, 0.717) is 16.3 Å². The first kappa shape index (κ1) is 22.8. The third-order valence-corrected chi connectivity index (χ3v) is 5.54. The van der Waals surface area contributed by atoms with Gasteiger partial charge in [0.15, 0.2) is 5.78 Å². The number of esters is 1. The molecule has 0 saturated heterocycles. The molecule has 10 heteroatoms. The largest absolute Gasteiger partial charge is 0.508 e. The molecule has 1 aliphatic rings. The van der Waals surface area contributed by atoms with Crippen molar-refractivity contribution in [1.82, 2.24) is 0 Å². The van der Waals surface area contributed by atoms with Crippen LogP contribution < -0.4 is 11.2 Å². The molecule has 0 saturated carbocycles. The summed E-state index contributed by atoms with van der Waals surface area (Å²) in [6.45, 7) is 0. The molecule has 0 radical (unpaired) electrons. The molecule has 4 rings (SSSR count). The predicted molar refractivity (Wildman–Crippen MR) is 124 cm³/mol. The van der Waals surface area contributed by atoms with Gasteiger partial charge in [0.05, 0.1) is 11.1 Å². The van der Waals surface area contributed by atoms with Gasteiger partial charge in [0.25, 0.3) is 5.91 Å². The number of phenolic OH excluding ortho intramolecular Hbond substituents is 2. The van der Waals surface area contributed by atoms with Crippen LogP contribution in [0.3, 0.4) is 0 Å². The number of benzene rings is 3. The van der Waals surface area contributed by atoms with Crippen LogP contribution in [-0.4, -0.2) is 33.6 Å². The van der Waals surface area contributed by atoms with E-state index >= 15 is 0 Å². The third-order valence-electron chi connectivity index (χ3n) is 5.30. The number of carbonyl (C=O) groups excluding carboxylic acids is 3. The summed E-state index contributed by atoms with van der Waals surface area (Å²) in [5.74, 6) is 0.953. The molecule has 0 fully saturated rings. The Bertz CT molecular complexity index is 1340. The molecule has 1 heterocycles. The highest BCUT2D eigenvalue weighted by Crippen LogP contribution is 2.39. The molecular weight excluding hydrogens is 462 g/mol. The number of nitrogens with two attached hydrogens (primary N) is 1. The average Bonchev–Trinajstić information content (AvgIpc) is 3.13. The van der Waals surface area contributed by atoms with Gasteiger partial charge >= 0.3 is 5.97 Å². The van der Waals surface area contributed by atoms with Crippen LogP contribution in [0, 0.1) is 5.92 Å². The zero-order chi connectivity index (χ0) is 24.4. The molecule has 0 aromatic heterocycles. The maximum absolute atomic E-state index is 13.6. The number of nitrogens with zero attached hydrogens (tertiary/aromatic N) is 1. The molecule has 2 unspecified atom stereocenters. The van der Waals surface area contributed by atoms with Crippen LogP contribution in [0.15, 0.2) is 71.8 Å². The van der Waals surface area contributed by atoms with Crippen LogP contribution in [0.2, 0.25) is 5.02 Å². The van der Waals surface area contributed by atoms with Crippen LogP contribution in [0.5, 0.6) is 11.5 Å². The molecule has 34 heavy (non-hydrogen) atoms. The van der Waals surface area contributed by atoms with Gasteiger partial charge < -0.3 is 26.1 Å². The van der Waals surface area contributed by atoms with Gasteiger partial charge in [0, 0.05) is 22.3 Å². The molecule has 0 bridgehead atoms. The van der Waals surface area contributed by atoms with Gasteiger partial charge in [-0.3, -0.25) is 9.59 Å². The molecule has 2 atom stereocenters. The van der Waals surface area contributed by atoms with E-state index in [1.165, 1.54) is 24.3 Å². The normalized spacial score (nSPS) is 15.9. The standard InChI is InChI=1S/C24H18ClN3O6/c25-12-4-3-5-13(10-12)27-23(32)20(28-26)19(21(31)17-9-8-14(29)11-18(17)30)22-15-6-1-2-7-16(15)24(33)34-22/h1-11,19,22,29-30H,26H2,(H,27,32)/b28-20-. The second-order valence-corrected chi connectivity index (χ2v) is 7.87. The van der Waals surface area contributed by atoms with Crippen molar-refractivity contribution >= 4 is 40.7 Å². The molecule has 5 N–H and O–H groups in total. The Kier molecular flexibility index (Phi) is 6.20. The van der Waals surface area contributed by atoms with Crippen LogP contribution in [0.1, 0.15) is 32.4 Å². The Hall–Kier alpha value is -4.37. The second-order valence-electron chi connectivity index (χ2n) is 7.44. The first-order chi connectivity index (χ1) is 16.3. The predicted octanol–water partition coefficient (Wildman–Crippen LogP) is 3.42. The SMILES string of the molecule is N/N=C(\C(=O)Nc1cccc(Cl)c1)C(C(=O)c1ccc(O)cc1O)C1OC(=O)c2ccccc21. The van der Waals surface area contributed by atoms with Crippen molar-refractivity contribution in [1.29, 1.82) is 0 Å². The van der Waals surface area contributed by atoms with Crippen molar-refractivity contribution in [3.8, 4) is 11.5 Å². The summed E-state index contributed by atoms with van der Waals surface area (Å²) in [5.41, 5.74) is 0.251. The first-order valence-electron chi connectivity index (χ1n) is 10.0. The van der Waals surface area contributed by atoms with Gasteiger partial charge in [-0.1, -0.05) is 35.9 Å². The lowest BCUT2D eigenvalue weighted by molar-refractivity contribution is -0.110. The fourth-order valence-corrected chi connectivity index (χ4v) is 3.95. The van der Waals surface area contributed by atoms with E-state index in [0.717, 1.165) is 6.07 Å². The van der Waals surface area contributed by atoms with E-state index in [4.69, 9.17) is 22.2 Å². The Balaban J connectivity index is 1.79. The summed E-state index contributed by atoms with van der Waals surface area (Å²) >= 11 is 5.97. The summed E-state index contributed by atoms with van der Waals surface area (Å²) in [5, 5.41) is 26.4. The van der Waals surface area contributed by atoms with Gasteiger partial charge in [-0.15, -0.1) is 0 Å². The van der Waals surface area contributed by atoms with Crippen molar-refractivity contribution in [3.05, 3.63) is 88.4 Å². The van der Waals surface area contributed by atoms with Crippen LogP contribution in [0.4, 0.5) is 5.69 Å². The Morgan fingerprint density at radius 1 is 1.06 bits per heavy atom. The highest BCUT2D eigenvalue weighted by molar-refractivity contribution is 6.47. The number of rotatable bonds is 6. The average molecular weight is 480 g/mol. The van der Waals surface area contributed by atoms with E-state index in [1.807, 2.05) is 0 Å². The number of amides is 1. The highest BCUT2D eigenvalue weighted by Gasteiger charge is 2.45. The third kappa shape index (κ3) is 4.28. The minimum Gasteiger partial charge on any atom is -0.508 e. The monoisotopic (exact) mass is 479 g/mol.